The van der Waals surface area contributed by atoms with Gasteiger partial charge >= 0.3 is 34.1 Å². The Morgan fingerprint density at radius 2 is 0.682 bits per heavy atom. The maximum absolute atomic E-state index is 5.57. The molecule has 0 aliphatic heterocycles. The third-order valence-corrected chi connectivity index (χ3v) is 10.3. The number of unbranched alkanes of at least 4 members (excludes halogenated alkanes) is 1. The van der Waals surface area contributed by atoms with Crippen molar-refractivity contribution in [1.29, 1.82) is 0 Å². The first-order chi connectivity index (χ1) is 18.5. The van der Waals surface area contributed by atoms with Crippen LogP contribution in [0.15, 0.2) is 0 Å². The van der Waals surface area contributed by atoms with Crippen molar-refractivity contribution in [1.82, 2.24) is 0 Å². The Balaban J connectivity index is -0.000000108. The van der Waals surface area contributed by atoms with Crippen molar-refractivity contribution >= 4 is 16.3 Å². The Kier molecular flexibility index (Phi) is 56.5. The van der Waals surface area contributed by atoms with Crippen LogP contribution in [-0.4, -0.2) is 39.9 Å². The summed E-state index contributed by atoms with van der Waals surface area (Å²) in [7, 11) is -0.248. The molecule has 4 aliphatic rings. The Morgan fingerprint density at radius 3 is 0.909 bits per heavy atom. The van der Waals surface area contributed by atoms with Crippen molar-refractivity contribution in [2.45, 2.75) is 161 Å². The minimum atomic E-state index is -0.124. The smallest absolute Gasteiger partial charge is 0.360 e. The first-order valence-electron chi connectivity index (χ1n) is 17.1. The molecule has 0 unspecified atom stereocenters. The largest absolute Gasteiger partial charge is 2.00 e. The summed E-state index contributed by atoms with van der Waals surface area (Å²) >= 11 is 0. The predicted molar refractivity (Wildman–Crippen MR) is 202 cm³/mol. The van der Waals surface area contributed by atoms with Crippen LogP contribution in [0.25, 0.3) is 0 Å². The van der Waals surface area contributed by atoms with E-state index in [1.54, 1.807) is 0 Å². The molecule has 44 heavy (non-hydrogen) atoms. The maximum atomic E-state index is 5.57. The minimum Gasteiger partial charge on any atom is -0.360 e. The minimum absolute atomic E-state index is 0. The first-order valence-corrected chi connectivity index (χ1v) is 21.4. The van der Waals surface area contributed by atoms with E-state index in [1.165, 1.54) is 154 Å². The summed E-state index contributed by atoms with van der Waals surface area (Å²) in [6, 6.07) is 0. The normalized spacial score (nSPS) is 17.5. The van der Waals surface area contributed by atoms with Crippen molar-refractivity contribution < 1.29 is 43.2 Å². The van der Waals surface area contributed by atoms with Crippen LogP contribution in [0, 0.1) is 47.5 Å². The van der Waals surface area contributed by atoms with Crippen molar-refractivity contribution in [3.63, 3.8) is 0 Å². The molecular formula is C38H82Fe2O2P2. The zero-order valence-corrected chi connectivity index (χ0v) is 35.5. The van der Waals surface area contributed by atoms with E-state index in [9.17, 15) is 0 Å². The standard InChI is InChI=1S/2C10H21OP.C9H18.C5H10.4CH3.2Fe/c2*1-12(2)11-9-5-8-10-6-3-4-7-10;1-2-3-6-9-7-4-5-8-9;1-2-4-5-3-1;;;;;;/h2*10H,3-9H2,1-2H3;9H,2-8H2,1H3;1-5H2;4*1H3;;/q;;;;4*-1;2*+2. The van der Waals surface area contributed by atoms with Gasteiger partial charge in [0.2, 0.25) is 0 Å². The molecule has 0 heterocycles. The summed E-state index contributed by atoms with van der Waals surface area (Å²) in [5.74, 6) is 3.19. The van der Waals surface area contributed by atoms with E-state index in [0.717, 1.165) is 31.0 Å². The van der Waals surface area contributed by atoms with Gasteiger partial charge < -0.3 is 38.8 Å². The fraction of sp³-hybridized carbons (Fsp3) is 0.895. The van der Waals surface area contributed by atoms with Crippen LogP contribution in [0.2, 0.25) is 0 Å². The molecule has 2 nitrogen and oxygen atoms in total. The summed E-state index contributed by atoms with van der Waals surface area (Å²) in [5, 5.41) is 0. The number of hydrogen-bond donors (Lipinski definition) is 0. The summed E-state index contributed by atoms with van der Waals surface area (Å²) in [6.45, 7) is 13.0. The van der Waals surface area contributed by atoms with Crippen LogP contribution >= 0.6 is 16.3 Å². The molecule has 0 aromatic rings. The fourth-order valence-electron chi connectivity index (χ4n) is 6.51. The van der Waals surface area contributed by atoms with Crippen molar-refractivity contribution in [2.75, 3.05) is 39.9 Å². The van der Waals surface area contributed by atoms with Gasteiger partial charge in [-0.15, -0.1) is 0 Å². The van der Waals surface area contributed by atoms with E-state index in [4.69, 9.17) is 9.05 Å². The SMILES string of the molecule is C1CCCC1.CCCCC1CCCC1.CP(C)OCCCC1CCCC1.CP(C)OCCCC1CCCC1.[CH3-].[CH3-].[CH3-].[CH3-].[Fe+2].[Fe+2]. The average molecular weight is 745 g/mol. The molecule has 0 saturated heterocycles. The van der Waals surface area contributed by atoms with Gasteiger partial charge in [0.05, 0.1) is 13.2 Å². The van der Waals surface area contributed by atoms with E-state index < -0.39 is 0 Å². The van der Waals surface area contributed by atoms with Gasteiger partial charge in [-0.3, -0.25) is 0 Å². The van der Waals surface area contributed by atoms with E-state index in [0.29, 0.717) is 0 Å². The van der Waals surface area contributed by atoms with E-state index >= 15 is 0 Å². The average Bonchev–Trinajstić information content (AvgIpc) is 3.74. The van der Waals surface area contributed by atoms with Crippen LogP contribution in [0.1, 0.15) is 161 Å². The molecule has 0 aromatic heterocycles. The van der Waals surface area contributed by atoms with Gasteiger partial charge in [0.1, 0.15) is 0 Å². The molecule has 4 saturated carbocycles. The molecule has 272 valence electrons. The molecule has 0 spiro atoms. The molecule has 0 radical (unpaired) electrons. The second-order valence-electron chi connectivity index (χ2n) is 12.9. The van der Waals surface area contributed by atoms with E-state index in [1.807, 2.05) is 0 Å². The molecule has 6 heteroatoms. The molecule has 4 rings (SSSR count). The van der Waals surface area contributed by atoms with Gasteiger partial charge in [-0.25, -0.2) is 0 Å². The topological polar surface area (TPSA) is 18.5 Å². The van der Waals surface area contributed by atoms with Gasteiger partial charge in [-0.05, 0) is 70.1 Å². The Morgan fingerprint density at radius 1 is 0.432 bits per heavy atom. The van der Waals surface area contributed by atoms with Crippen LogP contribution < -0.4 is 0 Å². The second kappa shape index (κ2) is 42.8. The van der Waals surface area contributed by atoms with Gasteiger partial charge in [0.15, 0.2) is 0 Å². The van der Waals surface area contributed by atoms with Crippen molar-refractivity contribution in [2.24, 2.45) is 17.8 Å². The zero-order valence-electron chi connectivity index (χ0n) is 31.5. The van der Waals surface area contributed by atoms with Crippen LogP contribution in [0.3, 0.4) is 0 Å². The first kappa shape index (κ1) is 58.0. The van der Waals surface area contributed by atoms with E-state index in [2.05, 4.69) is 33.6 Å². The summed E-state index contributed by atoms with van der Waals surface area (Å²) in [5.41, 5.74) is 0. The fourth-order valence-corrected chi connectivity index (χ4v) is 7.50. The van der Waals surface area contributed by atoms with Crippen molar-refractivity contribution in [3.05, 3.63) is 29.7 Å². The van der Waals surface area contributed by atoms with Crippen LogP contribution in [0.4, 0.5) is 0 Å². The summed E-state index contributed by atoms with van der Waals surface area (Å²) < 4.78 is 11.1. The number of hydrogen-bond acceptors (Lipinski definition) is 2. The predicted octanol–water partition coefficient (Wildman–Crippen LogP) is 14.4. The quantitative estimate of drug-likeness (QED) is 0.0809. The summed E-state index contributed by atoms with van der Waals surface area (Å²) in [4.78, 5) is 0. The second-order valence-corrected chi connectivity index (χ2v) is 16.7. The van der Waals surface area contributed by atoms with Crippen LogP contribution in [0.5, 0.6) is 0 Å². The molecule has 4 fully saturated rings. The van der Waals surface area contributed by atoms with Gasteiger partial charge in [0, 0.05) is 16.3 Å². The summed E-state index contributed by atoms with van der Waals surface area (Å²) in [6.07, 6.45) is 35.1. The van der Waals surface area contributed by atoms with Gasteiger partial charge in [-0.1, -0.05) is 135 Å². The number of rotatable bonds is 13. The van der Waals surface area contributed by atoms with Gasteiger partial charge in [-0.2, -0.15) is 0 Å². The van der Waals surface area contributed by atoms with E-state index in [-0.39, 0.29) is 80.1 Å². The Labute approximate surface area is 306 Å². The maximum Gasteiger partial charge on any atom is 2.00 e. The molecule has 0 aromatic carbocycles. The zero-order chi connectivity index (χ0) is 27.7. The molecule has 0 amide bonds. The molecule has 4 aliphatic carbocycles. The Hall–Kier alpha value is 1.82. The molecule has 0 bridgehead atoms. The third-order valence-electron chi connectivity index (χ3n) is 8.85. The molecular weight excluding hydrogens is 662 g/mol. The third kappa shape index (κ3) is 38.3. The van der Waals surface area contributed by atoms with Crippen LogP contribution in [-0.2, 0) is 43.2 Å². The Bertz CT molecular complexity index is 440. The monoisotopic (exact) mass is 744 g/mol. The molecule has 0 atom stereocenters. The van der Waals surface area contributed by atoms with Gasteiger partial charge in [0.25, 0.3) is 0 Å². The molecule has 0 N–H and O–H groups in total. The van der Waals surface area contributed by atoms with Crippen molar-refractivity contribution in [3.8, 4) is 0 Å².